The Balaban J connectivity index is 1.56. The number of carbonyl (C=O) groups excluding carboxylic acids is 1. The molecule has 0 saturated heterocycles. The first-order valence-electron chi connectivity index (χ1n) is 6.17. The van der Waals surface area contributed by atoms with Crippen molar-refractivity contribution in [3.05, 3.63) is 30.1 Å². The average Bonchev–Trinajstić information content (AvgIpc) is 2.98. The number of hydrogen-bond donors (Lipinski definition) is 1. The van der Waals surface area contributed by atoms with Gasteiger partial charge in [-0.2, -0.15) is 0 Å². The van der Waals surface area contributed by atoms with E-state index in [0.29, 0.717) is 25.5 Å². The van der Waals surface area contributed by atoms with Gasteiger partial charge in [-0.15, -0.1) is 5.10 Å². The van der Waals surface area contributed by atoms with E-state index in [1.54, 1.807) is 0 Å². The number of nitrogens with zero attached hydrogens (tertiary/aromatic N) is 4. The number of aromatic nitrogens is 4. The topological polar surface area (TPSA) is 91.2 Å². The molecule has 0 unspecified atom stereocenters. The lowest BCUT2D eigenvalue weighted by Gasteiger charge is -2.18. The first-order valence-corrected chi connectivity index (χ1v) is 6.17. The van der Waals surface area contributed by atoms with Crippen LogP contribution in [0.5, 0.6) is 11.5 Å². The molecule has 0 radical (unpaired) electrons. The molecule has 0 fully saturated rings. The van der Waals surface area contributed by atoms with Crippen molar-refractivity contribution in [2.24, 2.45) is 0 Å². The third-order valence-electron chi connectivity index (χ3n) is 2.79. The van der Waals surface area contributed by atoms with Crippen LogP contribution in [0.15, 0.2) is 24.5 Å². The Morgan fingerprint density at radius 3 is 2.95 bits per heavy atom. The molecule has 1 aromatic carbocycles. The third-order valence-corrected chi connectivity index (χ3v) is 2.79. The highest BCUT2D eigenvalue weighted by Crippen LogP contribution is 2.30. The van der Waals surface area contributed by atoms with Crippen molar-refractivity contribution < 1.29 is 14.3 Å². The van der Waals surface area contributed by atoms with Crippen LogP contribution < -0.4 is 14.8 Å². The van der Waals surface area contributed by atoms with E-state index < -0.39 is 0 Å². The lowest BCUT2D eigenvalue weighted by atomic mass is 10.2. The number of ether oxygens (including phenoxy) is 2. The summed E-state index contributed by atoms with van der Waals surface area (Å²) in [4.78, 5) is 11.7. The molecular weight excluding hydrogens is 262 g/mol. The molecule has 1 aliphatic heterocycles. The predicted molar refractivity (Wildman–Crippen MR) is 67.1 cm³/mol. The fraction of sp³-hybridized carbons (Fsp3) is 0.333. The summed E-state index contributed by atoms with van der Waals surface area (Å²) in [5.74, 6) is 1.29. The van der Waals surface area contributed by atoms with Gasteiger partial charge in [0.2, 0.25) is 5.91 Å². The molecule has 0 spiro atoms. The van der Waals surface area contributed by atoms with E-state index in [1.807, 2.05) is 18.2 Å². The number of carbonyl (C=O) groups is 1. The Hall–Kier alpha value is -2.64. The maximum atomic E-state index is 11.7. The van der Waals surface area contributed by atoms with Crippen LogP contribution in [0.2, 0.25) is 0 Å². The third kappa shape index (κ3) is 2.85. The van der Waals surface area contributed by atoms with Gasteiger partial charge in [-0.05, 0) is 28.1 Å². The molecule has 0 saturated carbocycles. The van der Waals surface area contributed by atoms with E-state index in [1.165, 1.54) is 11.0 Å². The molecule has 8 nitrogen and oxygen atoms in total. The van der Waals surface area contributed by atoms with Crippen molar-refractivity contribution in [2.45, 2.75) is 13.1 Å². The van der Waals surface area contributed by atoms with Gasteiger partial charge in [-0.3, -0.25) is 4.79 Å². The highest BCUT2D eigenvalue weighted by Gasteiger charge is 2.12. The van der Waals surface area contributed by atoms with Gasteiger partial charge in [0.25, 0.3) is 0 Å². The molecular formula is C12H13N5O3. The van der Waals surface area contributed by atoms with Gasteiger partial charge in [-0.1, -0.05) is 6.07 Å². The zero-order valence-electron chi connectivity index (χ0n) is 10.7. The molecule has 104 valence electrons. The van der Waals surface area contributed by atoms with Crippen molar-refractivity contribution in [3.8, 4) is 11.5 Å². The normalized spacial score (nSPS) is 13.0. The van der Waals surface area contributed by atoms with Crippen LogP contribution >= 0.6 is 0 Å². The quantitative estimate of drug-likeness (QED) is 0.828. The van der Waals surface area contributed by atoms with Crippen LogP contribution in [0.4, 0.5) is 0 Å². The zero-order chi connectivity index (χ0) is 13.8. The molecule has 8 heteroatoms. The molecule has 1 aromatic heterocycles. The van der Waals surface area contributed by atoms with Crippen molar-refractivity contribution in [2.75, 3.05) is 13.2 Å². The maximum absolute atomic E-state index is 11.7. The highest BCUT2D eigenvalue weighted by atomic mass is 16.6. The standard InChI is InChI=1S/C12H13N5O3/c18-12(7-17-8-14-15-16-17)13-6-9-1-2-10-11(5-9)20-4-3-19-10/h1-2,5,8H,3-4,6-7H2,(H,13,18). The molecule has 1 amide bonds. The number of nitrogens with one attached hydrogen (secondary N) is 1. The Morgan fingerprint density at radius 2 is 2.15 bits per heavy atom. The minimum absolute atomic E-state index is 0.0948. The van der Waals surface area contributed by atoms with Gasteiger partial charge in [0.05, 0.1) is 0 Å². The first kappa shape index (κ1) is 12.4. The lowest BCUT2D eigenvalue weighted by molar-refractivity contribution is -0.122. The summed E-state index contributed by atoms with van der Waals surface area (Å²) >= 11 is 0. The summed E-state index contributed by atoms with van der Waals surface area (Å²) in [5.41, 5.74) is 0.944. The average molecular weight is 275 g/mol. The van der Waals surface area contributed by atoms with Gasteiger partial charge in [0, 0.05) is 6.54 Å². The van der Waals surface area contributed by atoms with E-state index in [0.717, 1.165) is 11.3 Å². The number of benzene rings is 1. The monoisotopic (exact) mass is 275 g/mol. The molecule has 3 rings (SSSR count). The Bertz CT molecular complexity index is 599. The Kier molecular flexibility index (Phi) is 3.44. The molecule has 2 heterocycles. The number of amides is 1. The zero-order valence-corrected chi connectivity index (χ0v) is 10.7. The van der Waals surface area contributed by atoms with Crippen LogP contribution in [0, 0.1) is 0 Å². The predicted octanol–water partition coefficient (Wildman–Crippen LogP) is -0.239. The van der Waals surface area contributed by atoms with Crippen molar-refractivity contribution >= 4 is 5.91 Å². The number of rotatable bonds is 4. The van der Waals surface area contributed by atoms with Crippen LogP contribution in [0.3, 0.4) is 0 Å². The minimum atomic E-state index is -0.160. The number of hydrogen-bond acceptors (Lipinski definition) is 6. The summed E-state index contributed by atoms with van der Waals surface area (Å²) < 4.78 is 12.3. The summed E-state index contributed by atoms with van der Waals surface area (Å²) in [6.07, 6.45) is 1.39. The van der Waals surface area contributed by atoms with Gasteiger partial charge >= 0.3 is 0 Å². The van der Waals surface area contributed by atoms with Crippen LogP contribution in [0.1, 0.15) is 5.56 Å². The molecule has 1 N–H and O–H groups in total. The van der Waals surface area contributed by atoms with E-state index in [4.69, 9.17) is 9.47 Å². The fourth-order valence-corrected chi connectivity index (χ4v) is 1.85. The molecule has 0 atom stereocenters. The Morgan fingerprint density at radius 1 is 1.30 bits per heavy atom. The van der Waals surface area contributed by atoms with Crippen molar-refractivity contribution in [3.63, 3.8) is 0 Å². The van der Waals surface area contributed by atoms with E-state index >= 15 is 0 Å². The maximum Gasteiger partial charge on any atom is 0.242 e. The smallest absolute Gasteiger partial charge is 0.242 e. The summed E-state index contributed by atoms with van der Waals surface area (Å²) in [6, 6.07) is 5.61. The van der Waals surface area contributed by atoms with Crippen molar-refractivity contribution in [1.29, 1.82) is 0 Å². The summed E-state index contributed by atoms with van der Waals surface area (Å²) in [7, 11) is 0. The molecule has 20 heavy (non-hydrogen) atoms. The molecule has 2 aromatic rings. The first-order chi connectivity index (χ1) is 9.81. The SMILES string of the molecule is O=C(Cn1cnnn1)NCc1ccc2c(c1)OCCO2. The van der Waals surface area contributed by atoms with Crippen LogP contribution in [-0.2, 0) is 17.9 Å². The molecule has 1 aliphatic rings. The number of tetrazole rings is 1. The minimum Gasteiger partial charge on any atom is -0.486 e. The van der Waals surface area contributed by atoms with Crippen molar-refractivity contribution in [1.82, 2.24) is 25.5 Å². The van der Waals surface area contributed by atoms with Gasteiger partial charge in [0.15, 0.2) is 11.5 Å². The molecule has 0 bridgehead atoms. The van der Waals surface area contributed by atoms with Gasteiger partial charge in [0.1, 0.15) is 26.1 Å². The van der Waals surface area contributed by atoms with E-state index in [-0.39, 0.29) is 12.5 Å². The van der Waals surface area contributed by atoms with Crippen LogP contribution in [-0.4, -0.2) is 39.3 Å². The highest BCUT2D eigenvalue weighted by molar-refractivity contribution is 5.75. The largest absolute Gasteiger partial charge is 0.486 e. The van der Waals surface area contributed by atoms with E-state index in [2.05, 4.69) is 20.8 Å². The van der Waals surface area contributed by atoms with Crippen LogP contribution in [0.25, 0.3) is 0 Å². The number of fused-ring (bicyclic) bond motifs is 1. The summed E-state index contributed by atoms with van der Waals surface area (Å²) in [6.45, 7) is 1.62. The molecule has 0 aliphatic carbocycles. The van der Waals surface area contributed by atoms with E-state index in [9.17, 15) is 4.79 Å². The summed E-state index contributed by atoms with van der Waals surface area (Å²) in [5, 5.41) is 13.3. The van der Waals surface area contributed by atoms with Gasteiger partial charge < -0.3 is 14.8 Å². The lowest BCUT2D eigenvalue weighted by Crippen LogP contribution is -2.27. The van der Waals surface area contributed by atoms with Gasteiger partial charge in [-0.25, -0.2) is 4.68 Å². The second-order valence-corrected chi connectivity index (χ2v) is 4.26. The Labute approximate surface area is 114 Å². The second-order valence-electron chi connectivity index (χ2n) is 4.26. The fourth-order valence-electron chi connectivity index (χ4n) is 1.85. The second kappa shape index (κ2) is 5.55.